The molecule has 1 aromatic rings. The first-order chi connectivity index (χ1) is 8.06. The van der Waals surface area contributed by atoms with Crippen LogP contribution in [0, 0.1) is 0 Å². The Morgan fingerprint density at radius 1 is 1.41 bits per heavy atom. The van der Waals surface area contributed by atoms with E-state index in [1.165, 1.54) is 0 Å². The van der Waals surface area contributed by atoms with Crippen molar-refractivity contribution in [3.8, 4) is 0 Å². The van der Waals surface area contributed by atoms with Gasteiger partial charge in [0.2, 0.25) is 0 Å². The predicted molar refractivity (Wildman–Crippen MR) is 71.7 cm³/mol. The van der Waals surface area contributed by atoms with Crippen LogP contribution in [0.25, 0.3) is 0 Å². The molecule has 1 unspecified atom stereocenters. The van der Waals surface area contributed by atoms with Crippen molar-refractivity contribution < 1.29 is 4.79 Å². The summed E-state index contributed by atoms with van der Waals surface area (Å²) in [7, 11) is 0. The Balaban J connectivity index is 2.85. The second kappa shape index (κ2) is 6.45. The van der Waals surface area contributed by atoms with E-state index in [9.17, 15) is 4.79 Å². The fourth-order valence-electron chi connectivity index (χ4n) is 1.58. The minimum absolute atomic E-state index is 0.0706. The van der Waals surface area contributed by atoms with Crippen LogP contribution in [0.15, 0.2) is 41.9 Å². The lowest BCUT2D eigenvalue weighted by molar-refractivity contribution is -0.129. The van der Waals surface area contributed by atoms with Crippen LogP contribution < -0.4 is 0 Å². The Labute approximate surface area is 108 Å². The highest BCUT2D eigenvalue weighted by Crippen LogP contribution is 2.15. The molecule has 1 amide bonds. The zero-order valence-electron chi connectivity index (χ0n) is 10.3. The van der Waals surface area contributed by atoms with Gasteiger partial charge in [-0.1, -0.05) is 55.4 Å². The highest BCUT2D eigenvalue weighted by atomic mass is 35.5. The average Bonchev–Trinajstić information content (AvgIpc) is 2.35. The van der Waals surface area contributed by atoms with Gasteiger partial charge in [0.05, 0.1) is 5.03 Å². The highest BCUT2D eigenvalue weighted by Gasteiger charge is 2.20. The summed E-state index contributed by atoms with van der Waals surface area (Å²) in [5.41, 5.74) is 1.10. The summed E-state index contributed by atoms with van der Waals surface area (Å²) in [6, 6.07) is 10.0. The van der Waals surface area contributed by atoms with Gasteiger partial charge in [-0.25, -0.2) is 0 Å². The van der Waals surface area contributed by atoms with E-state index >= 15 is 0 Å². The molecule has 0 bridgehead atoms. The van der Waals surface area contributed by atoms with Crippen LogP contribution in [0.1, 0.15) is 25.8 Å². The van der Waals surface area contributed by atoms with Crippen molar-refractivity contribution in [3.05, 3.63) is 47.5 Å². The first-order valence-electron chi connectivity index (χ1n) is 5.75. The minimum Gasteiger partial charge on any atom is -0.331 e. The van der Waals surface area contributed by atoms with E-state index in [4.69, 9.17) is 11.6 Å². The van der Waals surface area contributed by atoms with Gasteiger partial charge in [-0.3, -0.25) is 4.79 Å². The summed E-state index contributed by atoms with van der Waals surface area (Å²) in [5, 5.41) is 0.0706. The van der Waals surface area contributed by atoms with Gasteiger partial charge in [-0.05, 0) is 18.9 Å². The first kappa shape index (κ1) is 13.8. The molecule has 0 saturated heterocycles. The Morgan fingerprint density at radius 3 is 2.47 bits per heavy atom. The fraction of sp³-hybridized carbons (Fsp3) is 0.357. The van der Waals surface area contributed by atoms with Gasteiger partial charge < -0.3 is 4.90 Å². The monoisotopic (exact) mass is 251 g/mol. The summed E-state index contributed by atoms with van der Waals surface area (Å²) < 4.78 is 0. The molecule has 0 aliphatic heterocycles. The van der Waals surface area contributed by atoms with Crippen molar-refractivity contribution in [3.63, 3.8) is 0 Å². The van der Waals surface area contributed by atoms with Crippen molar-refractivity contribution in [1.82, 2.24) is 4.90 Å². The number of amides is 1. The standard InChI is InChI=1S/C14H18ClNO/c1-4-11(2)16(14(17)12(3)15)10-13-8-6-5-7-9-13/h5-9,11H,3-4,10H2,1-2H3. The largest absolute Gasteiger partial charge is 0.331 e. The van der Waals surface area contributed by atoms with Crippen molar-refractivity contribution >= 4 is 17.5 Å². The van der Waals surface area contributed by atoms with Crippen LogP contribution in [-0.2, 0) is 11.3 Å². The third-order valence-electron chi connectivity index (χ3n) is 2.81. The van der Waals surface area contributed by atoms with Crippen LogP contribution in [0.5, 0.6) is 0 Å². The topological polar surface area (TPSA) is 20.3 Å². The van der Waals surface area contributed by atoms with E-state index in [-0.39, 0.29) is 17.0 Å². The molecule has 0 aliphatic rings. The lowest BCUT2D eigenvalue weighted by Gasteiger charge is -2.28. The van der Waals surface area contributed by atoms with E-state index in [2.05, 4.69) is 6.58 Å². The van der Waals surface area contributed by atoms with Crippen molar-refractivity contribution in [2.45, 2.75) is 32.9 Å². The molecule has 1 atom stereocenters. The molecule has 0 spiro atoms. The van der Waals surface area contributed by atoms with Crippen LogP contribution in [0.3, 0.4) is 0 Å². The number of halogens is 1. The van der Waals surface area contributed by atoms with Crippen molar-refractivity contribution in [2.75, 3.05) is 0 Å². The van der Waals surface area contributed by atoms with Gasteiger partial charge in [0.15, 0.2) is 0 Å². The molecular weight excluding hydrogens is 234 g/mol. The number of benzene rings is 1. The Bertz CT molecular complexity index is 388. The SMILES string of the molecule is C=C(Cl)C(=O)N(Cc1ccccc1)C(C)CC. The van der Waals surface area contributed by atoms with Crippen molar-refractivity contribution in [2.24, 2.45) is 0 Å². The summed E-state index contributed by atoms with van der Waals surface area (Å²) in [6.07, 6.45) is 0.892. The maximum atomic E-state index is 11.9. The summed E-state index contributed by atoms with van der Waals surface area (Å²) in [6.45, 7) is 8.14. The molecule has 1 aromatic carbocycles. The van der Waals surface area contributed by atoms with E-state index in [1.807, 2.05) is 44.2 Å². The number of nitrogens with zero attached hydrogens (tertiary/aromatic N) is 1. The van der Waals surface area contributed by atoms with E-state index < -0.39 is 0 Å². The fourth-order valence-corrected chi connectivity index (χ4v) is 1.69. The maximum Gasteiger partial charge on any atom is 0.265 e. The molecule has 17 heavy (non-hydrogen) atoms. The van der Waals surface area contributed by atoms with Gasteiger partial charge >= 0.3 is 0 Å². The third-order valence-corrected chi connectivity index (χ3v) is 2.97. The molecule has 0 N–H and O–H groups in total. The Kier molecular flexibility index (Phi) is 5.23. The van der Waals surface area contributed by atoms with E-state index in [0.29, 0.717) is 6.54 Å². The number of hydrogen-bond donors (Lipinski definition) is 0. The van der Waals surface area contributed by atoms with Crippen LogP contribution in [-0.4, -0.2) is 16.8 Å². The molecule has 0 heterocycles. The minimum atomic E-state index is -0.190. The smallest absolute Gasteiger partial charge is 0.265 e. The second-order valence-corrected chi connectivity index (χ2v) is 4.54. The number of carbonyl (C=O) groups is 1. The van der Waals surface area contributed by atoms with Gasteiger partial charge in [0.1, 0.15) is 0 Å². The van der Waals surface area contributed by atoms with Gasteiger partial charge in [0, 0.05) is 12.6 Å². The number of rotatable bonds is 5. The molecule has 0 aliphatic carbocycles. The number of hydrogen-bond acceptors (Lipinski definition) is 1. The lowest BCUT2D eigenvalue weighted by atomic mass is 10.1. The maximum absolute atomic E-state index is 11.9. The summed E-state index contributed by atoms with van der Waals surface area (Å²) >= 11 is 5.70. The van der Waals surface area contributed by atoms with E-state index in [0.717, 1.165) is 12.0 Å². The van der Waals surface area contributed by atoms with Crippen LogP contribution in [0.2, 0.25) is 0 Å². The zero-order chi connectivity index (χ0) is 12.8. The highest BCUT2D eigenvalue weighted by molar-refractivity contribution is 6.41. The number of carbonyl (C=O) groups excluding carboxylic acids is 1. The molecule has 1 rings (SSSR count). The van der Waals surface area contributed by atoms with Crippen molar-refractivity contribution in [1.29, 1.82) is 0 Å². The van der Waals surface area contributed by atoms with Gasteiger partial charge in [-0.15, -0.1) is 0 Å². The lowest BCUT2D eigenvalue weighted by Crippen LogP contribution is -2.37. The average molecular weight is 252 g/mol. The molecule has 0 radical (unpaired) electrons. The predicted octanol–water partition coefficient (Wildman–Crippen LogP) is 3.57. The second-order valence-electron chi connectivity index (χ2n) is 4.08. The molecule has 0 saturated carbocycles. The molecule has 3 heteroatoms. The van der Waals surface area contributed by atoms with E-state index in [1.54, 1.807) is 4.90 Å². The molecule has 0 fully saturated rings. The zero-order valence-corrected chi connectivity index (χ0v) is 11.1. The summed E-state index contributed by atoms with van der Waals surface area (Å²) in [5.74, 6) is -0.190. The summed E-state index contributed by atoms with van der Waals surface area (Å²) in [4.78, 5) is 13.7. The van der Waals surface area contributed by atoms with Gasteiger partial charge in [-0.2, -0.15) is 0 Å². The molecule has 0 aromatic heterocycles. The molecule has 2 nitrogen and oxygen atoms in total. The first-order valence-corrected chi connectivity index (χ1v) is 6.13. The molecular formula is C14H18ClNO. The molecule has 92 valence electrons. The quantitative estimate of drug-likeness (QED) is 0.733. The third kappa shape index (κ3) is 3.90. The Morgan fingerprint density at radius 2 is 2.00 bits per heavy atom. The van der Waals surface area contributed by atoms with Gasteiger partial charge in [0.25, 0.3) is 5.91 Å². The van der Waals surface area contributed by atoms with Crippen LogP contribution in [0.4, 0.5) is 0 Å². The Hall–Kier alpha value is -1.28. The normalized spacial score (nSPS) is 11.9. The van der Waals surface area contributed by atoms with Crippen LogP contribution >= 0.6 is 11.6 Å².